The molecule has 15 nitrogen and oxygen atoms in total. The highest BCUT2D eigenvalue weighted by Gasteiger charge is 2.36. The van der Waals surface area contributed by atoms with Crippen LogP contribution >= 0.6 is 0 Å². The number of unbranched alkanes of at least 4 members (excludes halogenated alkanes) is 1. The molecule has 2 aromatic rings. The van der Waals surface area contributed by atoms with Gasteiger partial charge in [-0.2, -0.15) is 5.10 Å². The first-order valence-corrected chi connectivity index (χ1v) is 17.7. The quantitative estimate of drug-likeness (QED) is 0.266. The normalized spacial score (nSPS) is 18.3. The average Bonchev–Trinajstić information content (AvgIpc) is 3.79. The Morgan fingerprint density at radius 1 is 0.940 bits per heavy atom. The third-order valence-corrected chi connectivity index (χ3v) is 9.37. The van der Waals surface area contributed by atoms with Gasteiger partial charge in [0.25, 0.3) is 11.8 Å². The molecule has 1 aromatic carbocycles. The standard InChI is InChI=1S/C35H49N7O8/c1-3-4-21-49-35(47)40-19-17-39(18-20-40)34(46)27(15-22-48-2)37-32(44)28-23-31(42(38-28)26-12-6-5-7-13-26)50-24-30(43)41-16-9-14-29(41)33(45)36-25-10-8-11-25/h5-7,12-13,23,25,27,29H,3-4,8-11,14-22,24H2,1-2H3,(H,36,45)(H,37,44)/t27-,29-/m0/s1. The molecule has 5 amide bonds. The van der Waals surface area contributed by atoms with Gasteiger partial charge in [-0.25, -0.2) is 9.48 Å². The molecule has 5 rings (SSSR count). The first-order valence-electron chi connectivity index (χ1n) is 17.7. The van der Waals surface area contributed by atoms with Crippen LogP contribution in [-0.2, 0) is 23.9 Å². The molecule has 1 aliphatic carbocycles. The number of piperazine rings is 1. The fraction of sp³-hybridized carbons (Fsp3) is 0.600. The summed E-state index contributed by atoms with van der Waals surface area (Å²) >= 11 is 0. The van der Waals surface area contributed by atoms with Gasteiger partial charge in [0.2, 0.25) is 17.7 Å². The maximum Gasteiger partial charge on any atom is 0.409 e. The maximum absolute atomic E-state index is 13.6. The van der Waals surface area contributed by atoms with E-state index in [9.17, 15) is 24.0 Å². The SMILES string of the molecule is CCCCOC(=O)N1CCN(C(=O)[C@H](CCOC)NC(=O)c2cc(OCC(=O)N3CCC[C@H]3C(=O)NC3CCC3)n(-c3ccccc3)n2)CC1. The molecule has 0 bridgehead atoms. The Morgan fingerprint density at radius 3 is 2.36 bits per heavy atom. The van der Waals surface area contributed by atoms with Crippen LogP contribution < -0.4 is 15.4 Å². The van der Waals surface area contributed by atoms with E-state index in [1.807, 2.05) is 25.1 Å². The number of hydrogen-bond acceptors (Lipinski definition) is 9. The van der Waals surface area contributed by atoms with Gasteiger partial charge in [0.05, 0.1) is 12.3 Å². The summed E-state index contributed by atoms with van der Waals surface area (Å²) in [6, 6.07) is 9.21. The van der Waals surface area contributed by atoms with Crippen molar-refractivity contribution >= 4 is 29.7 Å². The van der Waals surface area contributed by atoms with Crippen LogP contribution in [0.25, 0.3) is 5.69 Å². The van der Waals surface area contributed by atoms with Crippen LogP contribution in [-0.4, -0.2) is 132 Å². The molecule has 0 unspecified atom stereocenters. The van der Waals surface area contributed by atoms with Crippen molar-refractivity contribution in [2.75, 3.05) is 59.7 Å². The van der Waals surface area contributed by atoms with Gasteiger partial charge in [0.1, 0.15) is 12.1 Å². The number of ether oxygens (including phenoxy) is 3. The largest absolute Gasteiger partial charge is 0.467 e. The average molecular weight is 696 g/mol. The van der Waals surface area contributed by atoms with Crippen LogP contribution in [0.5, 0.6) is 5.88 Å². The van der Waals surface area contributed by atoms with E-state index in [1.54, 1.807) is 26.8 Å². The Hall–Kier alpha value is -4.66. The van der Waals surface area contributed by atoms with E-state index in [4.69, 9.17) is 14.2 Å². The van der Waals surface area contributed by atoms with E-state index in [2.05, 4.69) is 15.7 Å². The molecule has 1 aromatic heterocycles. The number of likely N-dealkylation sites (tertiary alicyclic amines) is 1. The van der Waals surface area contributed by atoms with Gasteiger partial charge in [-0.1, -0.05) is 31.5 Å². The smallest absolute Gasteiger partial charge is 0.409 e. The second kappa shape index (κ2) is 17.8. The lowest BCUT2D eigenvalue weighted by molar-refractivity contribution is -0.140. The van der Waals surface area contributed by atoms with Crippen molar-refractivity contribution in [3.8, 4) is 11.6 Å². The molecule has 0 spiro atoms. The van der Waals surface area contributed by atoms with Gasteiger partial charge >= 0.3 is 6.09 Å². The molecule has 2 saturated heterocycles. The van der Waals surface area contributed by atoms with Crippen molar-refractivity contribution in [2.45, 2.75) is 76.4 Å². The second-order valence-corrected chi connectivity index (χ2v) is 12.9. The summed E-state index contributed by atoms with van der Waals surface area (Å²) in [6.45, 7) is 3.98. The van der Waals surface area contributed by atoms with Gasteiger partial charge in [0, 0.05) is 58.5 Å². The fourth-order valence-electron chi connectivity index (χ4n) is 6.19. The van der Waals surface area contributed by atoms with E-state index < -0.39 is 24.1 Å². The highest BCUT2D eigenvalue weighted by Crippen LogP contribution is 2.24. The number of amides is 5. The molecule has 3 fully saturated rings. The number of carbonyl (C=O) groups is 5. The highest BCUT2D eigenvalue weighted by atomic mass is 16.6. The van der Waals surface area contributed by atoms with Crippen LogP contribution in [0.15, 0.2) is 36.4 Å². The van der Waals surface area contributed by atoms with E-state index >= 15 is 0 Å². The number of methoxy groups -OCH3 is 1. The Kier molecular flexibility index (Phi) is 13.1. The minimum Gasteiger partial charge on any atom is -0.467 e. The maximum atomic E-state index is 13.6. The van der Waals surface area contributed by atoms with Crippen LogP contribution in [0.1, 0.15) is 68.8 Å². The summed E-state index contributed by atoms with van der Waals surface area (Å²) in [7, 11) is 1.52. The molecule has 50 heavy (non-hydrogen) atoms. The number of hydrogen-bond donors (Lipinski definition) is 2. The van der Waals surface area contributed by atoms with Crippen molar-refractivity contribution < 1.29 is 38.2 Å². The predicted octanol–water partition coefficient (Wildman–Crippen LogP) is 2.13. The number of aromatic nitrogens is 2. The summed E-state index contributed by atoms with van der Waals surface area (Å²) in [5.41, 5.74) is 0.594. The summed E-state index contributed by atoms with van der Waals surface area (Å²) < 4.78 is 17.9. The van der Waals surface area contributed by atoms with E-state index in [0.29, 0.717) is 51.4 Å². The predicted molar refractivity (Wildman–Crippen MR) is 182 cm³/mol. The Morgan fingerprint density at radius 2 is 1.68 bits per heavy atom. The Balaban J connectivity index is 1.24. The van der Waals surface area contributed by atoms with Crippen LogP contribution in [0, 0.1) is 0 Å². The zero-order valence-electron chi connectivity index (χ0n) is 29.0. The molecule has 3 heterocycles. The molecular formula is C35H49N7O8. The van der Waals surface area contributed by atoms with Gasteiger partial charge < -0.3 is 39.5 Å². The monoisotopic (exact) mass is 695 g/mol. The van der Waals surface area contributed by atoms with Crippen molar-refractivity contribution in [3.05, 3.63) is 42.1 Å². The second-order valence-electron chi connectivity index (χ2n) is 12.9. The molecule has 3 aliphatic rings. The highest BCUT2D eigenvalue weighted by molar-refractivity contribution is 5.96. The molecule has 1 saturated carbocycles. The number of para-hydroxylation sites is 1. The molecule has 2 atom stereocenters. The van der Waals surface area contributed by atoms with Crippen molar-refractivity contribution in [3.63, 3.8) is 0 Å². The summed E-state index contributed by atoms with van der Waals surface area (Å²) in [6.07, 6.45) is 5.90. The topological polar surface area (TPSA) is 165 Å². The molecule has 2 aliphatic heterocycles. The van der Waals surface area contributed by atoms with Crippen LogP contribution in [0.3, 0.4) is 0 Å². The first-order chi connectivity index (χ1) is 24.3. The van der Waals surface area contributed by atoms with Crippen molar-refractivity contribution in [2.24, 2.45) is 0 Å². The number of carbonyl (C=O) groups excluding carboxylic acids is 5. The lowest BCUT2D eigenvalue weighted by Gasteiger charge is -2.36. The Bertz CT molecular complexity index is 1470. The van der Waals surface area contributed by atoms with Gasteiger partial charge in [-0.15, -0.1) is 0 Å². The van der Waals surface area contributed by atoms with Gasteiger partial charge in [-0.3, -0.25) is 19.2 Å². The number of benzene rings is 1. The number of nitrogens with zero attached hydrogens (tertiary/aromatic N) is 5. The summed E-state index contributed by atoms with van der Waals surface area (Å²) in [4.78, 5) is 70.5. The molecule has 2 N–H and O–H groups in total. The van der Waals surface area contributed by atoms with E-state index in [1.165, 1.54) is 17.9 Å². The minimum atomic E-state index is -0.906. The fourth-order valence-corrected chi connectivity index (χ4v) is 6.19. The lowest BCUT2D eigenvalue weighted by atomic mass is 9.93. The Labute approximate surface area is 292 Å². The molecule has 0 radical (unpaired) electrons. The third-order valence-electron chi connectivity index (χ3n) is 9.37. The molecular weight excluding hydrogens is 646 g/mol. The van der Waals surface area contributed by atoms with Crippen molar-refractivity contribution in [1.82, 2.24) is 35.1 Å². The van der Waals surface area contributed by atoms with E-state index in [0.717, 1.165) is 38.5 Å². The van der Waals surface area contributed by atoms with Gasteiger partial charge in [-0.05, 0) is 57.1 Å². The van der Waals surface area contributed by atoms with Crippen LogP contribution in [0.4, 0.5) is 4.79 Å². The summed E-state index contributed by atoms with van der Waals surface area (Å²) in [5, 5.41) is 10.3. The van der Waals surface area contributed by atoms with Crippen LogP contribution in [0.2, 0.25) is 0 Å². The van der Waals surface area contributed by atoms with E-state index in [-0.39, 0.29) is 55.0 Å². The third kappa shape index (κ3) is 9.31. The first kappa shape index (κ1) is 36.6. The molecule has 15 heteroatoms. The number of nitrogens with one attached hydrogen (secondary N) is 2. The molecule has 272 valence electrons. The van der Waals surface area contributed by atoms with Gasteiger partial charge in [0.15, 0.2) is 12.3 Å². The minimum absolute atomic E-state index is 0.00918. The van der Waals surface area contributed by atoms with Crippen molar-refractivity contribution in [1.29, 1.82) is 0 Å². The zero-order chi connectivity index (χ0) is 35.5. The summed E-state index contributed by atoms with van der Waals surface area (Å²) in [5.74, 6) is -1.19. The zero-order valence-corrected chi connectivity index (χ0v) is 29.0. The number of rotatable bonds is 15. The lowest BCUT2D eigenvalue weighted by Crippen LogP contribution is -2.56.